The third kappa shape index (κ3) is 4.23. The van der Waals surface area contributed by atoms with Crippen LogP contribution in [-0.2, 0) is 22.5 Å². The summed E-state index contributed by atoms with van der Waals surface area (Å²) in [6.07, 6.45) is 5.30. The molecule has 7 nitrogen and oxygen atoms in total. The van der Waals surface area contributed by atoms with Crippen LogP contribution >= 0.6 is 11.8 Å². The molecule has 2 aromatic heterocycles. The molecule has 3 aromatic rings. The van der Waals surface area contributed by atoms with E-state index >= 15 is 0 Å². The Hall–Kier alpha value is -3.13. The van der Waals surface area contributed by atoms with Gasteiger partial charge in [-0.1, -0.05) is 17.8 Å². The molecule has 2 N–H and O–H groups in total. The number of carbonyl (C=O) groups excluding carboxylic acids is 1. The summed E-state index contributed by atoms with van der Waals surface area (Å²) in [7, 11) is 0. The van der Waals surface area contributed by atoms with Crippen LogP contribution in [0.4, 0.5) is 17.2 Å². The van der Waals surface area contributed by atoms with Gasteiger partial charge in [-0.15, -0.1) is 0 Å². The lowest BCUT2D eigenvalue weighted by Crippen LogP contribution is -2.09. The zero-order valence-electron chi connectivity index (χ0n) is 15.3. The van der Waals surface area contributed by atoms with E-state index < -0.39 is 0 Å². The van der Waals surface area contributed by atoms with Crippen LogP contribution in [0.3, 0.4) is 0 Å². The third-order valence-corrected chi connectivity index (χ3v) is 5.19. The molecule has 0 saturated heterocycles. The van der Waals surface area contributed by atoms with Crippen molar-refractivity contribution in [2.75, 3.05) is 17.2 Å². The van der Waals surface area contributed by atoms with E-state index in [0.29, 0.717) is 18.8 Å². The van der Waals surface area contributed by atoms with Crippen LogP contribution in [-0.4, -0.2) is 27.5 Å². The molecule has 4 rings (SSSR count). The summed E-state index contributed by atoms with van der Waals surface area (Å²) in [6.45, 7) is 2.83. The van der Waals surface area contributed by atoms with Gasteiger partial charge in [-0.25, -0.2) is 9.97 Å². The van der Waals surface area contributed by atoms with E-state index in [2.05, 4.69) is 43.8 Å². The predicted octanol–water partition coefficient (Wildman–Crippen LogP) is 3.80. The topological polar surface area (TPSA) is 89.0 Å². The number of nitrogens with one attached hydrogen (secondary N) is 2. The van der Waals surface area contributed by atoms with Crippen molar-refractivity contribution in [2.45, 2.75) is 29.8 Å². The van der Waals surface area contributed by atoms with Crippen molar-refractivity contribution < 1.29 is 9.53 Å². The zero-order chi connectivity index (χ0) is 19.3. The molecule has 0 bridgehead atoms. The Bertz CT molecular complexity index is 994. The lowest BCUT2D eigenvalue weighted by atomic mass is 10.2. The normalized spacial score (nSPS) is 11.8. The van der Waals surface area contributed by atoms with Crippen LogP contribution in [0.5, 0.6) is 0 Å². The van der Waals surface area contributed by atoms with Crippen LogP contribution in [0.15, 0.2) is 58.8 Å². The average Bonchev–Trinajstić information content (AvgIpc) is 2.72. The molecular weight excluding hydrogens is 374 g/mol. The number of pyridine rings is 1. The summed E-state index contributed by atoms with van der Waals surface area (Å²) >= 11 is 1.61. The molecule has 0 unspecified atom stereocenters. The van der Waals surface area contributed by atoms with Crippen molar-refractivity contribution in [3.63, 3.8) is 0 Å². The average molecular weight is 393 g/mol. The first-order valence-electron chi connectivity index (χ1n) is 8.94. The monoisotopic (exact) mass is 393 g/mol. The van der Waals surface area contributed by atoms with Crippen LogP contribution in [0.25, 0.3) is 0 Å². The quantitative estimate of drug-likeness (QED) is 0.478. The number of hydrogen-bond acceptors (Lipinski definition) is 8. The first-order chi connectivity index (χ1) is 13.7. The van der Waals surface area contributed by atoms with Gasteiger partial charge in [0.1, 0.15) is 5.03 Å². The lowest BCUT2D eigenvalue weighted by molar-refractivity contribution is -0.142. The Morgan fingerprint density at radius 2 is 2.07 bits per heavy atom. The highest BCUT2D eigenvalue weighted by Crippen LogP contribution is 2.42. The molecule has 142 valence electrons. The number of ether oxygens (including phenoxy) is 1. The summed E-state index contributed by atoms with van der Waals surface area (Å²) < 4.78 is 4.94. The van der Waals surface area contributed by atoms with Crippen molar-refractivity contribution >= 4 is 34.9 Å². The molecule has 0 amide bonds. The molecular formula is C20H19N5O2S. The smallest absolute Gasteiger partial charge is 0.311 e. The van der Waals surface area contributed by atoms with Crippen molar-refractivity contribution in [3.05, 3.63) is 60.2 Å². The molecule has 0 saturated carbocycles. The van der Waals surface area contributed by atoms with Crippen LogP contribution in [0.2, 0.25) is 0 Å². The Labute approximate surface area is 167 Å². The Morgan fingerprint density at radius 3 is 2.89 bits per heavy atom. The number of carbonyl (C=O) groups is 1. The second-order valence-electron chi connectivity index (χ2n) is 6.14. The fourth-order valence-electron chi connectivity index (χ4n) is 2.79. The van der Waals surface area contributed by atoms with Crippen LogP contribution in [0.1, 0.15) is 18.2 Å². The molecule has 8 heteroatoms. The maximum absolute atomic E-state index is 11.5. The number of anilines is 3. The number of rotatable bonds is 6. The minimum absolute atomic E-state index is 0.187. The lowest BCUT2D eigenvalue weighted by Gasteiger charge is -2.19. The molecule has 0 atom stereocenters. The molecule has 1 aliphatic heterocycles. The van der Waals surface area contributed by atoms with Gasteiger partial charge in [0.2, 0.25) is 0 Å². The Morgan fingerprint density at radius 1 is 1.18 bits per heavy atom. The summed E-state index contributed by atoms with van der Waals surface area (Å²) in [6, 6.07) is 10.0. The Kier molecular flexibility index (Phi) is 5.38. The summed E-state index contributed by atoms with van der Waals surface area (Å²) in [4.78, 5) is 25.6. The number of esters is 1. The van der Waals surface area contributed by atoms with E-state index in [1.807, 2.05) is 12.1 Å². The number of hydrogen-bond donors (Lipinski definition) is 2. The minimum Gasteiger partial charge on any atom is -0.466 e. The van der Waals surface area contributed by atoms with Gasteiger partial charge in [-0.05, 0) is 36.8 Å². The standard InChI is InChI=1S/C20H19N5O2S/c1-2-27-18(26)10-14-4-5-15(12-24-14)23-11-13-3-6-17-16(9-13)25-19-20(28-17)22-8-7-21-19/h3-9,12,23H,2,10-11H2,1H3,(H,21,25). The van der Waals surface area contributed by atoms with E-state index in [0.717, 1.165) is 32.7 Å². The highest BCUT2D eigenvalue weighted by atomic mass is 32.2. The molecule has 0 aliphatic carbocycles. The molecule has 28 heavy (non-hydrogen) atoms. The SMILES string of the molecule is CCOC(=O)Cc1ccc(NCc2ccc3c(c2)Nc2nccnc2S3)cn1. The van der Waals surface area contributed by atoms with E-state index in [1.54, 1.807) is 37.3 Å². The van der Waals surface area contributed by atoms with E-state index in [9.17, 15) is 4.79 Å². The number of fused-ring (bicyclic) bond motifs is 2. The van der Waals surface area contributed by atoms with Gasteiger partial charge in [0.15, 0.2) is 5.82 Å². The van der Waals surface area contributed by atoms with E-state index in [-0.39, 0.29) is 12.4 Å². The molecule has 0 spiro atoms. The number of benzene rings is 1. The van der Waals surface area contributed by atoms with Crippen molar-refractivity contribution in [2.24, 2.45) is 0 Å². The van der Waals surface area contributed by atoms with Gasteiger partial charge in [0.05, 0.1) is 36.3 Å². The maximum Gasteiger partial charge on any atom is 0.311 e. The molecule has 0 radical (unpaired) electrons. The summed E-state index contributed by atoms with van der Waals surface area (Å²) in [5.41, 5.74) is 3.75. The first-order valence-corrected chi connectivity index (χ1v) is 9.76. The van der Waals surface area contributed by atoms with Crippen LogP contribution in [0, 0.1) is 0 Å². The predicted molar refractivity (Wildman–Crippen MR) is 108 cm³/mol. The van der Waals surface area contributed by atoms with Crippen molar-refractivity contribution in [1.82, 2.24) is 15.0 Å². The van der Waals surface area contributed by atoms with E-state index in [4.69, 9.17) is 4.74 Å². The third-order valence-electron chi connectivity index (χ3n) is 4.12. The molecule has 0 fully saturated rings. The second kappa shape index (κ2) is 8.26. The van der Waals surface area contributed by atoms with Crippen molar-refractivity contribution in [3.8, 4) is 0 Å². The minimum atomic E-state index is -0.263. The van der Waals surface area contributed by atoms with Crippen molar-refractivity contribution in [1.29, 1.82) is 0 Å². The van der Waals surface area contributed by atoms with Gasteiger partial charge in [-0.3, -0.25) is 9.78 Å². The van der Waals surface area contributed by atoms with Gasteiger partial charge >= 0.3 is 5.97 Å². The maximum atomic E-state index is 11.5. The molecule has 1 aliphatic rings. The Balaban J connectivity index is 1.38. The van der Waals surface area contributed by atoms with Gasteiger partial charge < -0.3 is 15.4 Å². The summed E-state index contributed by atoms with van der Waals surface area (Å²) in [5, 5.41) is 7.57. The zero-order valence-corrected chi connectivity index (χ0v) is 16.1. The fourth-order valence-corrected chi connectivity index (χ4v) is 3.67. The largest absolute Gasteiger partial charge is 0.466 e. The fraction of sp³-hybridized carbons (Fsp3) is 0.200. The molecule has 1 aromatic carbocycles. The van der Waals surface area contributed by atoms with Gasteiger partial charge in [0, 0.05) is 23.8 Å². The van der Waals surface area contributed by atoms with Gasteiger partial charge in [0.25, 0.3) is 0 Å². The summed E-state index contributed by atoms with van der Waals surface area (Å²) in [5.74, 6) is 0.521. The van der Waals surface area contributed by atoms with Crippen LogP contribution < -0.4 is 10.6 Å². The van der Waals surface area contributed by atoms with E-state index in [1.165, 1.54) is 0 Å². The highest BCUT2D eigenvalue weighted by molar-refractivity contribution is 7.99. The second-order valence-corrected chi connectivity index (χ2v) is 7.17. The first kappa shape index (κ1) is 18.2. The van der Waals surface area contributed by atoms with Gasteiger partial charge in [-0.2, -0.15) is 0 Å². The number of aromatic nitrogens is 3. The molecule has 3 heterocycles. The number of nitrogens with zero attached hydrogens (tertiary/aromatic N) is 3. The highest BCUT2D eigenvalue weighted by Gasteiger charge is 2.17.